The summed E-state index contributed by atoms with van der Waals surface area (Å²) in [7, 11) is -4.25. The molecule has 0 fully saturated rings. The molecule has 44 heavy (non-hydrogen) atoms. The zero-order chi connectivity index (χ0) is 31.7. The van der Waals surface area contributed by atoms with Gasteiger partial charge in [0, 0.05) is 24.5 Å². The number of anilines is 1. The van der Waals surface area contributed by atoms with E-state index in [1.165, 1.54) is 35.2 Å². The van der Waals surface area contributed by atoms with Crippen LogP contribution in [0.3, 0.4) is 0 Å². The lowest BCUT2D eigenvalue weighted by Gasteiger charge is -2.34. The van der Waals surface area contributed by atoms with Gasteiger partial charge in [-0.15, -0.1) is 0 Å². The summed E-state index contributed by atoms with van der Waals surface area (Å²) in [5.74, 6) is -0.943. The molecule has 1 atom stereocenters. The fourth-order valence-corrected chi connectivity index (χ4v) is 6.57. The molecule has 0 aliphatic rings. The van der Waals surface area contributed by atoms with Crippen molar-refractivity contribution in [2.24, 2.45) is 0 Å². The maximum atomic E-state index is 14.4. The van der Waals surface area contributed by atoms with E-state index in [0.29, 0.717) is 23.6 Å². The maximum Gasteiger partial charge on any atom is 0.264 e. The smallest absolute Gasteiger partial charge is 0.264 e. The lowest BCUT2D eigenvalue weighted by atomic mass is 10.0. The van der Waals surface area contributed by atoms with Crippen LogP contribution in [0, 0.1) is 0 Å². The average molecular weight is 673 g/mol. The molecule has 0 saturated heterocycles. The van der Waals surface area contributed by atoms with Crippen LogP contribution in [-0.2, 0) is 32.6 Å². The second-order valence-corrected chi connectivity index (χ2v) is 13.2. The van der Waals surface area contributed by atoms with Crippen LogP contribution >= 0.6 is 34.8 Å². The predicted molar refractivity (Wildman–Crippen MR) is 177 cm³/mol. The van der Waals surface area contributed by atoms with E-state index in [1.54, 1.807) is 42.5 Å². The largest absolute Gasteiger partial charge is 0.354 e. The number of rotatable bonds is 13. The number of carbonyl (C=O) groups is 2. The van der Waals surface area contributed by atoms with Crippen LogP contribution in [-0.4, -0.2) is 44.3 Å². The molecule has 0 spiro atoms. The Morgan fingerprint density at radius 3 is 2.09 bits per heavy atom. The molecule has 7 nitrogen and oxygen atoms in total. The molecule has 230 valence electrons. The van der Waals surface area contributed by atoms with Crippen molar-refractivity contribution in [2.45, 2.75) is 37.2 Å². The molecule has 0 unspecified atom stereocenters. The van der Waals surface area contributed by atoms with Crippen molar-refractivity contribution < 1.29 is 18.0 Å². The summed E-state index contributed by atoms with van der Waals surface area (Å²) in [6.45, 7) is 1.76. The second-order valence-electron chi connectivity index (χ2n) is 10.1. The zero-order valence-corrected chi connectivity index (χ0v) is 27.1. The number of hydrogen-bond donors (Lipinski definition) is 1. The molecular formula is C33H32Cl3N3O4S. The SMILES string of the molecule is CCCNC(=O)[C@H](Cc1ccccc1)N(Cc1cccc(Cl)c1)C(=O)CN(c1ccc(Cl)c(Cl)c1)S(=O)(=O)c1ccccc1. The van der Waals surface area contributed by atoms with Gasteiger partial charge in [-0.2, -0.15) is 0 Å². The summed E-state index contributed by atoms with van der Waals surface area (Å²) in [4.78, 5) is 29.5. The first kappa shape index (κ1) is 33.3. The highest BCUT2D eigenvalue weighted by molar-refractivity contribution is 7.92. The van der Waals surface area contributed by atoms with Gasteiger partial charge in [0.25, 0.3) is 10.0 Å². The molecule has 0 radical (unpaired) electrons. The van der Waals surface area contributed by atoms with Crippen molar-refractivity contribution in [3.8, 4) is 0 Å². The molecule has 0 saturated carbocycles. The van der Waals surface area contributed by atoms with E-state index < -0.39 is 28.5 Å². The van der Waals surface area contributed by atoms with Crippen LogP contribution in [0.15, 0.2) is 108 Å². The Kier molecular flexibility index (Phi) is 11.7. The van der Waals surface area contributed by atoms with E-state index in [0.717, 1.165) is 9.87 Å². The minimum atomic E-state index is -4.25. The van der Waals surface area contributed by atoms with Gasteiger partial charge in [0.05, 0.1) is 20.6 Å². The number of sulfonamides is 1. The Morgan fingerprint density at radius 2 is 1.45 bits per heavy atom. The Balaban J connectivity index is 1.81. The van der Waals surface area contributed by atoms with Gasteiger partial charge in [-0.25, -0.2) is 8.42 Å². The number of benzene rings is 4. The average Bonchev–Trinajstić information content (AvgIpc) is 3.02. The molecule has 2 amide bonds. The Bertz CT molecular complexity index is 1690. The normalized spacial score (nSPS) is 11.9. The van der Waals surface area contributed by atoms with Crippen LogP contribution in [0.2, 0.25) is 15.1 Å². The third-order valence-corrected chi connectivity index (χ3v) is 9.63. The first-order valence-electron chi connectivity index (χ1n) is 14.0. The molecule has 0 bridgehead atoms. The quantitative estimate of drug-likeness (QED) is 0.166. The summed E-state index contributed by atoms with van der Waals surface area (Å²) in [5.41, 5.74) is 1.67. The molecule has 0 aromatic heterocycles. The van der Waals surface area contributed by atoms with E-state index in [9.17, 15) is 18.0 Å². The molecule has 4 aromatic rings. The van der Waals surface area contributed by atoms with Crippen LogP contribution < -0.4 is 9.62 Å². The van der Waals surface area contributed by atoms with Crippen molar-refractivity contribution in [1.29, 1.82) is 0 Å². The third kappa shape index (κ3) is 8.54. The van der Waals surface area contributed by atoms with E-state index >= 15 is 0 Å². The van der Waals surface area contributed by atoms with Gasteiger partial charge in [-0.3, -0.25) is 13.9 Å². The van der Waals surface area contributed by atoms with Crippen LogP contribution in [0.25, 0.3) is 0 Å². The van der Waals surface area contributed by atoms with Crippen molar-refractivity contribution in [3.05, 3.63) is 129 Å². The Morgan fingerprint density at radius 1 is 0.795 bits per heavy atom. The lowest BCUT2D eigenvalue weighted by Crippen LogP contribution is -2.53. The first-order chi connectivity index (χ1) is 21.1. The van der Waals surface area contributed by atoms with Crippen molar-refractivity contribution in [2.75, 3.05) is 17.4 Å². The number of nitrogens with one attached hydrogen (secondary N) is 1. The van der Waals surface area contributed by atoms with Gasteiger partial charge in [-0.05, 0) is 60.0 Å². The number of amides is 2. The van der Waals surface area contributed by atoms with Gasteiger partial charge in [0.1, 0.15) is 12.6 Å². The summed E-state index contributed by atoms with van der Waals surface area (Å²) in [5, 5.41) is 3.74. The fraction of sp³-hybridized carbons (Fsp3) is 0.212. The molecular weight excluding hydrogens is 641 g/mol. The van der Waals surface area contributed by atoms with Crippen LogP contribution in [0.4, 0.5) is 5.69 Å². The van der Waals surface area contributed by atoms with Gasteiger partial charge >= 0.3 is 0 Å². The molecule has 4 rings (SSSR count). The summed E-state index contributed by atoms with van der Waals surface area (Å²) in [6.07, 6.45) is 0.910. The van der Waals surface area contributed by atoms with Crippen molar-refractivity contribution >= 4 is 62.3 Å². The minimum Gasteiger partial charge on any atom is -0.354 e. The van der Waals surface area contributed by atoms with E-state index in [2.05, 4.69) is 5.32 Å². The summed E-state index contributed by atoms with van der Waals surface area (Å²) >= 11 is 18.7. The monoisotopic (exact) mass is 671 g/mol. The third-order valence-electron chi connectivity index (χ3n) is 6.86. The number of halogens is 3. The van der Waals surface area contributed by atoms with E-state index in [4.69, 9.17) is 34.8 Å². The fourth-order valence-electron chi connectivity index (χ4n) is 4.64. The highest BCUT2D eigenvalue weighted by Crippen LogP contribution is 2.31. The molecule has 0 aliphatic heterocycles. The maximum absolute atomic E-state index is 14.4. The standard InChI is InChI=1S/C33H32Cl3N3O4S/c1-2-18-37-33(41)31(20-24-10-5-3-6-11-24)38(22-25-12-9-13-26(34)19-25)32(40)23-39(27-16-17-29(35)30(36)21-27)44(42,43)28-14-7-4-8-15-28/h3-17,19,21,31H,2,18,20,22-23H2,1H3,(H,37,41)/t31-/m0/s1. The van der Waals surface area contributed by atoms with Gasteiger partial charge < -0.3 is 10.2 Å². The number of nitrogens with zero attached hydrogens (tertiary/aromatic N) is 2. The number of carbonyl (C=O) groups excluding carboxylic acids is 2. The number of hydrogen-bond acceptors (Lipinski definition) is 4. The molecule has 11 heteroatoms. The van der Waals surface area contributed by atoms with Gasteiger partial charge in [0.15, 0.2) is 0 Å². The predicted octanol–water partition coefficient (Wildman–Crippen LogP) is 7.01. The van der Waals surface area contributed by atoms with Crippen molar-refractivity contribution in [3.63, 3.8) is 0 Å². The van der Waals surface area contributed by atoms with Crippen molar-refractivity contribution in [1.82, 2.24) is 10.2 Å². The van der Waals surface area contributed by atoms with E-state index in [1.807, 2.05) is 37.3 Å². The second kappa shape index (κ2) is 15.4. The molecule has 4 aromatic carbocycles. The molecule has 1 N–H and O–H groups in total. The topological polar surface area (TPSA) is 86.8 Å². The zero-order valence-electron chi connectivity index (χ0n) is 24.0. The summed E-state index contributed by atoms with van der Waals surface area (Å²) in [6, 6.07) is 27.5. The lowest BCUT2D eigenvalue weighted by molar-refractivity contribution is -0.140. The Labute approximate surface area is 273 Å². The van der Waals surface area contributed by atoms with E-state index in [-0.39, 0.29) is 39.5 Å². The first-order valence-corrected chi connectivity index (χ1v) is 16.6. The van der Waals surface area contributed by atoms with Gasteiger partial charge in [-0.1, -0.05) is 102 Å². The molecule has 0 aliphatic carbocycles. The van der Waals surface area contributed by atoms with Crippen LogP contribution in [0.1, 0.15) is 24.5 Å². The highest BCUT2D eigenvalue weighted by Gasteiger charge is 2.34. The van der Waals surface area contributed by atoms with Gasteiger partial charge in [0.2, 0.25) is 11.8 Å². The van der Waals surface area contributed by atoms with Crippen LogP contribution in [0.5, 0.6) is 0 Å². The highest BCUT2D eigenvalue weighted by atomic mass is 35.5. The minimum absolute atomic E-state index is 0.0109. The Hall–Kier alpha value is -3.56. The summed E-state index contributed by atoms with van der Waals surface area (Å²) < 4.78 is 29.0. The molecule has 0 heterocycles.